The third-order valence-corrected chi connectivity index (χ3v) is 2.92. The molecule has 17 heavy (non-hydrogen) atoms. The third-order valence-electron chi connectivity index (χ3n) is 2.49. The van der Waals surface area contributed by atoms with Gasteiger partial charge >= 0.3 is 7.82 Å². The van der Waals surface area contributed by atoms with Gasteiger partial charge in [0, 0.05) is 17.1 Å². The van der Waals surface area contributed by atoms with E-state index < -0.39 is 7.82 Å². The maximum Gasteiger partial charge on any atom is 0.524 e. The molecule has 0 amide bonds. The summed E-state index contributed by atoms with van der Waals surface area (Å²) in [7, 11) is -4.52. The first-order valence-corrected chi connectivity index (χ1v) is 6.88. The molecule has 0 fully saturated rings. The lowest BCUT2D eigenvalue weighted by molar-refractivity contribution is 0.284. The van der Waals surface area contributed by atoms with Crippen molar-refractivity contribution in [3.05, 3.63) is 30.0 Å². The van der Waals surface area contributed by atoms with Gasteiger partial charge in [0.1, 0.15) is 5.75 Å². The molecule has 2 aromatic rings. The predicted molar refractivity (Wildman–Crippen MR) is 65.0 cm³/mol. The highest BCUT2D eigenvalue weighted by Crippen LogP contribution is 2.41. The molecule has 0 aliphatic heterocycles. The fourth-order valence-corrected chi connectivity index (χ4v) is 2.30. The van der Waals surface area contributed by atoms with Crippen LogP contribution in [-0.2, 0) is 11.0 Å². The Labute approximate surface area is 98.7 Å². The van der Waals surface area contributed by atoms with E-state index in [2.05, 4.69) is 4.98 Å². The van der Waals surface area contributed by atoms with E-state index in [-0.39, 0.29) is 5.75 Å². The minimum atomic E-state index is -4.52. The van der Waals surface area contributed by atoms with Crippen LogP contribution in [0, 0.1) is 0 Å². The first-order valence-electron chi connectivity index (χ1n) is 5.35. The molecule has 0 saturated carbocycles. The minimum Gasteiger partial charge on any atom is -0.404 e. The van der Waals surface area contributed by atoms with Gasteiger partial charge in [0.25, 0.3) is 0 Å². The van der Waals surface area contributed by atoms with Gasteiger partial charge in [-0.2, -0.15) is 0 Å². The number of hydrogen-bond donors (Lipinski definition) is 3. The van der Waals surface area contributed by atoms with Gasteiger partial charge in [-0.15, -0.1) is 0 Å². The number of benzene rings is 1. The maximum atomic E-state index is 10.9. The SMILES string of the molecule is CCCc1c[nH]c2cccc(OP(=O)(O)O)c12. The first-order chi connectivity index (χ1) is 8.01. The number of aromatic nitrogens is 1. The number of phosphoric acid groups is 1. The van der Waals surface area contributed by atoms with E-state index in [1.165, 1.54) is 0 Å². The van der Waals surface area contributed by atoms with Crippen molar-refractivity contribution >= 4 is 18.7 Å². The van der Waals surface area contributed by atoms with Gasteiger partial charge in [0.05, 0.1) is 0 Å². The Bertz CT molecular complexity index is 572. The van der Waals surface area contributed by atoms with Gasteiger partial charge in [-0.3, -0.25) is 9.79 Å². The topological polar surface area (TPSA) is 82.6 Å². The number of aromatic amines is 1. The van der Waals surface area contributed by atoms with Crippen LogP contribution in [0.1, 0.15) is 18.9 Å². The zero-order chi connectivity index (χ0) is 12.5. The molecule has 1 heterocycles. The normalized spacial score (nSPS) is 11.9. The first kappa shape index (κ1) is 12.2. The second-order valence-electron chi connectivity index (χ2n) is 3.82. The summed E-state index contributed by atoms with van der Waals surface area (Å²) in [6.45, 7) is 2.05. The van der Waals surface area contributed by atoms with Crippen molar-refractivity contribution in [1.29, 1.82) is 0 Å². The third kappa shape index (κ3) is 2.69. The second-order valence-corrected chi connectivity index (χ2v) is 4.99. The molecule has 0 saturated heterocycles. The summed E-state index contributed by atoms with van der Waals surface area (Å²) < 4.78 is 15.6. The fourth-order valence-electron chi connectivity index (χ4n) is 1.89. The van der Waals surface area contributed by atoms with E-state index in [9.17, 15) is 4.57 Å². The van der Waals surface area contributed by atoms with Crippen LogP contribution < -0.4 is 4.52 Å². The largest absolute Gasteiger partial charge is 0.524 e. The number of phosphoric ester groups is 1. The molecule has 0 radical (unpaired) electrons. The van der Waals surface area contributed by atoms with Gasteiger partial charge in [0.2, 0.25) is 0 Å². The van der Waals surface area contributed by atoms with Crippen molar-refractivity contribution in [3.8, 4) is 5.75 Å². The van der Waals surface area contributed by atoms with Gasteiger partial charge in [-0.05, 0) is 24.1 Å². The molecule has 0 aliphatic carbocycles. The Hall–Kier alpha value is -1.29. The maximum absolute atomic E-state index is 10.9. The molecule has 6 heteroatoms. The van der Waals surface area contributed by atoms with Crippen molar-refractivity contribution in [1.82, 2.24) is 4.98 Å². The molecule has 1 aromatic carbocycles. The highest BCUT2D eigenvalue weighted by atomic mass is 31.2. The zero-order valence-electron chi connectivity index (χ0n) is 9.38. The van der Waals surface area contributed by atoms with Crippen molar-refractivity contribution < 1.29 is 18.9 Å². The lowest BCUT2D eigenvalue weighted by atomic mass is 10.1. The standard InChI is InChI=1S/C11H14NO4P/c1-2-4-8-7-12-9-5-3-6-10(11(8)9)16-17(13,14)15/h3,5-7,12H,2,4H2,1H3,(H2,13,14,15). The molecule has 1 aromatic heterocycles. The summed E-state index contributed by atoms with van der Waals surface area (Å²) in [6.07, 6.45) is 3.64. The summed E-state index contributed by atoms with van der Waals surface area (Å²) in [6, 6.07) is 5.11. The van der Waals surface area contributed by atoms with E-state index in [1.54, 1.807) is 12.1 Å². The van der Waals surface area contributed by atoms with E-state index in [1.807, 2.05) is 19.2 Å². The Kier molecular flexibility index (Phi) is 3.24. The minimum absolute atomic E-state index is 0.223. The molecule has 0 unspecified atom stereocenters. The van der Waals surface area contributed by atoms with E-state index in [4.69, 9.17) is 14.3 Å². The number of hydrogen-bond acceptors (Lipinski definition) is 2. The van der Waals surface area contributed by atoms with Crippen LogP contribution in [0.25, 0.3) is 10.9 Å². The average Bonchev–Trinajstić information content (AvgIpc) is 2.61. The number of rotatable bonds is 4. The van der Waals surface area contributed by atoms with Gasteiger partial charge in [0.15, 0.2) is 0 Å². The summed E-state index contributed by atoms with van der Waals surface area (Å²) in [5, 5.41) is 0.748. The van der Waals surface area contributed by atoms with E-state index in [0.717, 1.165) is 29.3 Å². The average molecular weight is 255 g/mol. The van der Waals surface area contributed by atoms with Crippen LogP contribution in [0.15, 0.2) is 24.4 Å². The van der Waals surface area contributed by atoms with E-state index >= 15 is 0 Å². The Morgan fingerprint density at radius 2 is 2.18 bits per heavy atom. The van der Waals surface area contributed by atoms with Crippen LogP contribution in [0.2, 0.25) is 0 Å². The molecule has 0 spiro atoms. The molecule has 5 nitrogen and oxygen atoms in total. The smallest absolute Gasteiger partial charge is 0.404 e. The number of aryl methyl sites for hydroxylation is 1. The predicted octanol–water partition coefficient (Wildman–Crippen LogP) is 2.59. The number of nitrogens with one attached hydrogen (secondary N) is 1. The fraction of sp³-hybridized carbons (Fsp3) is 0.273. The molecule has 3 N–H and O–H groups in total. The monoisotopic (exact) mass is 255 g/mol. The summed E-state index contributed by atoms with van der Waals surface area (Å²) >= 11 is 0. The van der Waals surface area contributed by atoms with Crippen LogP contribution in [0.4, 0.5) is 0 Å². The molecular formula is C11H14NO4P. The van der Waals surface area contributed by atoms with Crippen molar-refractivity contribution in [2.45, 2.75) is 19.8 Å². The highest BCUT2D eigenvalue weighted by Gasteiger charge is 2.19. The van der Waals surface area contributed by atoms with Gasteiger partial charge in [-0.1, -0.05) is 19.4 Å². The molecule has 0 atom stereocenters. The van der Waals surface area contributed by atoms with Crippen LogP contribution >= 0.6 is 7.82 Å². The molecular weight excluding hydrogens is 241 g/mol. The van der Waals surface area contributed by atoms with Gasteiger partial charge < -0.3 is 9.51 Å². The lowest BCUT2D eigenvalue weighted by Gasteiger charge is -2.09. The molecule has 0 bridgehead atoms. The zero-order valence-corrected chi connectivity index (χ0v) is 10.3. The summed E-state index contributed by atoms with van der Waals surface area (Å²) in [4.78, 5) is 20.8. The molecule has 92 valence electrons. The van der Waals surface area contributed by atoms with Crippen molar-refractivity contribution in [2.24, 2.45) is 0 Å². The van der Waals surface area contributed by atoms with Gasteiger partial charge in [-0.25, -0.2) is 4.57 Å². The number of fused-ring (bicyclic) bond motifs is 1. The molecule has 2 rings (SSSR count). The highest BCUT2D eigenvalue weighted by molar-refractivity contribution is 7.46. The Morgan fingerprint density at radius 3 is 2.82 bits per heavy atom. The summed E-state index contributed by atoms with van der Waals surface area (Å²) in [5.41, 5.74) is 1.82. The number of H-pyrrole nitrogens is 1. The van der Waals surface area contributed by atoms with Crippen molar-refractivity contribution in [3.63, 3.8) is 0 Å². The lowest BCUT2D eigenvalue weighted by Crippen LogP contribution is -1.91. The Morgan fingerprint density at radius 1 is 1.41 bits per heavy atom. The summed E-state index contributed by atoms with van der Waals surface area (Å²) in [5.74, 6) is 0.223. The second kappa shape index (κ2) is 4.53. The van der Waals surface area contributed by atoms with Crippen molar-refractivity contribution in [2.75, 3.05) is 0 Å². The Balaban J connectivity index is 2.54. The van der Waals surface area contributed by atoms with Crippen LogP contribution in [0.3, 0.4) is 0 Å². The van der Waals surface area contributed by atoms with Crippen LogP contribution in [-0.4, -0.2) is 14.8 Å². The van der Waals surface area contributed by atoms with E-state index in [0.29, 0.717) is 0 Å². The van der Waals surface area contributed by atoms with Crippen LogP contribution in [0.5, 0.6) is 5.75 Å². The molecule has 0 aliphatic rings. The quantitative estimate of drug-likeness (QED) is 0.733.